The van der Waals surface area contributed by atoms with Crippen molar-refractivity contribution in [2.75, 3.05) is 20.8 Å². The maximum Gasteiger partial charge on any atom is 0.161 e. The topological polar surface area (TPSA) is 30.5 Å². The molecule has 1 aromatic rings. The Morgan fingerprint density at radius 2 is 1.80 bits per heavy atom. The maximum absolute atomic E-state index is 5.35. The van der Waals surface area contributed by atoms with Crippen LogP contribution in [0.15, 0.2) is 16.6 Å². The lowest BCUT2D eigenvalue weighted by Gasteiger charge is -2.13. The third-order valence-corrected chi connectivity index (χ3v) is 4.81. The largest absolute Gasteiger partial charge is 0.493 e. The van der Waals surface area contributed by atoms with Crippen LogP contribution in [0.25, 0.3) is 0 Å². The van der Waals surface area contributed by atoms with Gasteiger partial charge in [-0.1, -0.05) is 41.6 Å². The third kappa shape index (κ3) is 4.13. The van der Waals surface area contributed by atoms with Crippen molar-refractivity contribution in [2.45, 2.75) is 38.6 Å². The van der Waals surface area contributed by atoms with Crippen LogP contribution >= 0.6 is 15.9 Å². The zero-order valence-electron chi connectivity index (χ0n) is 12.4. The Morgan fingerprint density at radius 3 is 2.45 bits per heavy atom. The van der Waals surface area contributed by atoms with Gasteiger partial charge in [-0.3, -0.25) is 0 Å². The molecule has 1 fully saturated rings. The van der Waals surface area contributed by atoms with Crippen molar-refractivity contribution in [3.8, 4) is 11.5 Å². The van der Waals surface area contributed by atoms with Gasteiger partial charge < -0.3 is 14.8 Å². The molecule has 0 aliphatic heterocycles. The molecule has 0 heterocycles. The first-order valence-corrected chi connectivity index (χ1v) is 8.15. The van der Waals surface area contributed by atoms with E-state index in [2.05, 4.69) is 21.2 Å². The average Bonchev–Trinajstić information content (AvgIpc) is 2.97. The number of methoxy groups -OCH3 is 2. The monoisotopic (exact) mass is 341 g/mol. The summed E-state index contributed by atoms with van der Waals surface area (Å²) in [7, 11) is 3.33. The fourth-order valence-electron chi connectivity index (χ4n) is 2.86. The van der Waals surface area contributed by atoms with Gasteiger partial charge in [0, 0.05) is 11.0 Å². The van der Waals surface area contributed by atoms with Crippen LogP contribution in [0.4, 0.5) is 0 Å². The number of hydrogen-bond acceptors (Lipinski definition) is 3. The standard InChI is InChI=1S/C16H24BrNO2/c1-19-15-9-13(14(17)10-16(15)20-2)11-18-8-7-12-5-3-4-6-12/h9-10,12,18H,3-8,11H2,1-2H3. The van der Waals surface area contributed by atoms with Crippen LogP contribution in [0.5, 0.6) is 11.5 Å². The zero-order valence-corrected chi connectivity index (χ0v) is 14.0. The van der Waals surface area contributed by atoms with Crippen LogP contribution in [0.3, 0.4) is 0 Å². The van der Waals surface area contributed by atoms with Crippen molar-refractivity contribution >= 4 is 15.9 Å². The van der Waals surface area contributed by atoms with Crippen LogP contribution < -0.4 is 14.8 Å². The zero-order chi connectivity index (χ0) is 14.4. The molecule has 1 aliphatic rings. The van der Waals surface area contributed by atoms with Crippen molar-refractivity contribution in [1.82, 2.24) is 5.32 Å². The minimum Gasteiger partial charge on any atom is -0.493 e. The Hall–Kier alpha value is -0.740. The van der Waals surface area contributed by atoms with E-state index in [1.54, 1.807) is 14.2 Å². The fraction of sp³-hybridized carbons (Fsp3) is 0.625. The van der Waals surface area contributed by atoms with Crippen molar-refractivity contribution < 1.29 is 9.47 Å². The Bertz CT molecular complexity index is 431. The first kappa shape index (κ1) is 15.6. The van der Waals surface area contributed by atoms with Gasteiger partial charge in [0.1, 0.15) is 0 Å². The number of halogens is 1. The summed E-state index contributed by atoms with van der Waals surface area (Å²) in [6, 6.07) is 4.00. The molecular weight excluding hydrogens is 318 g/mol. The minimum absolute atomic E-state index is 0.758. The SMILES string of the molecule is COc1cc(Br)c(CNCCC2CCCC2)cc1OC. The predicted octanol–water partition coefficient (Wildman–Crippen LogP) is 4.14. The lowest BCUT2D eigenvalue weighted by atomic mass is 10.0. The van der Waals surface area contributed by atoms with E-state index in [4.69, 9.17) is 9.47 Å². The van der Waals surface area contributed by atoms with Crippen molar-refractivity contribution in [3.05, 3.63) is 22.2 Å². The third-order valence-electron chi connectivity index (χ3n) is 4.07. The molecule has 0 amide bonds. The quantitative estimate of drug-likeness (QED) is 0.756. The van der Waals surface area contributed by atoms with Crippen molar-refractivity contribution in [2.24, 2.45) is 5.92 Å². The number of benzene rings is 1. The second-order valence-corrected chi connectivity index (χ2v) is 6.27. The fourth-order valence-corrected chi connectivity index (χ4v) is 3.32. The van der Waals surface area contributed by atoms with Crippen molar-refractivity contribution in [3.63, 3.8) is 0 Å². The van der Waals surface area contributed by atoms with E-state index in [0.29, 0.717) is 0 Å². The van der Waals surface area contributed by atoms with Gasteiger partial charge >= 0.3 is 0 Å². The molecule has 0 radical (unpaired) electrons. The Balaban J connectivity index is 1.85. The molecule has 1 saturated carbocycles. The first-order chi connectivity index (χ1) is 9.74. The maximum atomic E-state index is 5.35. The van der Waals surface area contributed by atoms with E-state index >= 15 is 0 Å². The smallest absolute Gasteiger partial charge is 0.161 e. The number of ether oxygens (including phenoxy) is 2. The molecule has 0 saturated heterocycles. The Kier molecular flexibility index (Phi) is 6.17. The summed E-state index contributed by atoms with van der Waals surface area (Å²) in [6.07, 6.45) is 6.98. The van der Waals surface area contributed by atoms with Gasteiger partial charge in [-0.15, -0.1) is 0 Å². The highest BCUT2D eigenvalue weighted by molar-refractivity contribution is 9.10. The molecular formula is C16H24BrNO2. The first-order valence-electron chi connectivity index (χ1n) is 7.35. The van der Waals surface area contributed by atoms with Crippen LogP contribution in [0.2, 0.25) is 0 Å². The molecule has 1 aromatic carbocycles. The molecule has 1 aliphatic carbocycles. The Labute approximate surface area is 130 Å². The van der Waals surface area contributed by atoms with Crippen LogP contribution in [-0.2, 0) is 6.54 Å². The number of nitrogens with one attached hydrogen (secondary N) is 1. The molecule has 0 aromatic heterocycles. The average molecular weight is 342 g/mol. The number of hydrogen-bond donors (Lipinski definition) is 1. The normalized spacial score (nSPS) is 15.6. The van der Waals surface area contributed by atoms with E-state index < -0.39 is 0 Å². The molecule has 4 heteroatoms. The summed E-state index contributed by atoms with van der Waals surface area (Å²) in [5, 5.41) is 3.53. The van der Waals surface area contributed by atoms with Crippen LogP contribution in [0, 0.1) is 5.92 Å². The summed E-state index contributed by atoms with van der Waals surface area (Å²) < 4.78 is 11.7. The summed E-state index contributed by atoms with van der Waals surface area (Å²) in [4.78, 5) is 0. The summed E-state index contributed by atoms with van der Waals surface area (Å²) in [5.74, 6) is 2.48. The van der Waals surface area contributed by atoms with E-state index in [0.717, 1.165) is 35.0 Å². The lowest BCUT2D eigenvalue weighted by Crippen LogP contribution is -2.17. The summed E-state index contributed by atoms with van der Waals surface area (Å²) >= 11 is 3.59. The molecule has 0 bridgehead atoms. The van der Waals surface area contributed by atoms with Gasteiger partial charge in [0.2, 0.25) is 0 Å². The minimum atomic E-state index is 0.758. The molecule has 0 unspecified atom stereocenters. The highest BCUT2D eigenvalue weighted by Crippen LogP contribution is 2.33. The molecule has 0 spiro atoms. The van der Waals surface area contributed by atoms with Gasteiger partial charge in [-0.05, 0) is 36.6 Å². The van der Waals surface area contributed by atoms with E-state index in [1.165, 1.54) is 37.7 Å². The summed E-state index contributed by atoms with van der Waals surface area (Å²) in [6.45, 7) is 1.94. The second-order valence-electron chi connectivity index (χ2n) is 5.41. The predicted molar refractivity (Wildman–Crippen MR) is 85.5 cm³/mol. The van der Waals surface area contributed by atoms with Gasteiger partial charge in [-0.25, -0.2) is 0 Å². The lowest BCUT2D eigenvalue weighted by molar-refractivity contribution is 0.354. The highest BCUT2D eigenvalue weighted by Gasteiger charge is 2.14. The molecule has 20 heavy (non-hydrogen) atoms. The highest BCUT2D eigenvalue weighted by atomic mass is 79.9. The molecule has 2 rings (SSSR count). The summed E-state index contributed by atoms with van der Waals surface area (Å²) in [5.41, 5.74) is 1.20. The van der Waals surface area contributed by atoms with Gasteiger partial charge in [0.05, 0.1) is 14.2 Å². The van der Waals surface area contributed by atoms with E-state index in [-0.39, 0.29) is 0 Å². The van der Waals surface area contributed by atoms with Crippen molar-refractivity contribution in [1.29, 1.82) is 0 Å². The van der Waals surface area contributed by atoms with Crippen LogP contribution in [-0.4, -0.2) is 20.8 Å². The van der Waals surface area contributed by atoms with Gasteiger partial charge in [-0.2, -0.15) is 0 Å². The van der Waals surface area contributed by atoms with Gasteiger partial charge in [0.25, 0.3) is 0 Å². The second kappa shape index (κ2) is 7.89. The molecule has 0 atom stereocenters. The molecule has 1 N–H and O–H groups in total. The van der Waals surface area contributed by atoms with Gasteiger partial charge in [0.15, 0.2) is 11.5 Å². The van der Waals surface area contributed by atoms with Crippen LogP contribution in [0.1, 0.15) is 37.7 Å². The molecule has 3 nitrogen and oxygen atoms in total. The van der Waals surface area contributed by atoms with E-state index in [1.807, 2.05) is 12.1 Å². The molecule has 112 valence electrons. The Morgan fingerprint density at radius 1 is 1.15 bits per heavy atom. The number of rotatable bonds is 7. The van der Waals surface area contributed by atoms with E-state index in [9.17, 15) is 0 Å².